The van der Waals surface area contributed by atoms with Crippen molar-refractivity contribution >= 4 is 0 Å². The fourth-order valence-corrected chi connectivity index (χ4v) is 12.8. The van der Waals surface area contributed by atoms with Gasteiger partial charge in [-0.1, -0.05) is 93.6 Å². The van der Waals surface area contributed by atoms with E-state index in [9.17, 15) is 0 Å². The molecule has 2 heteroatoms. The zero-order valence-electron chi connectivity index (χ0n) is 31.8. The lowest BCUT2D eigenvalue weighted by molar-refractivity contribution is 0.0537. The van der Waals surface area contributed by atoms with Gasteiger partial charge in [0.25, 0.3) is 0 Å². The first-order chi connectivity index (χ1) is 24.8. The number of nitrogens with zero attached hydrogens (tertiary/aromatic N) is 2. The Balaban J connectivity index is 0.904. The Kier molecular flexibility index (Phi) is 12.1. The van der Waals surface area contributed by atoms with Crippen LogP contribution in [0.15, 0.2) is 72.2 Å². The van der Waals surface area contributed by atoms with Crippen molar-refractivity contribution in [3.05, 3.63) is 72.2 Å². The average Bonchev–Trinajstić information content (AvgIpc) is 3.21. The molecule has 4 saturated carbocycles. The van der Waals surface area contributed by atoms with Crippen molar-refractivity contribution in [3.8, 4) is 0 Å². The van der Waals surface area contributed by atoms with Gasteiger partial charge in [0.15, 0.2) is 0 Å². The van der Waals surface area contributed by atoms with Gasteiger partial charge in [-0.15, -0.1) is 0 Å². The summed E-state index contributed by atoms with van der Waals surface area (Å²) in [5.41, 5.74) is 3.27. The van der Waals surface area contributed by atoms with Crippen LogP contribution in [-0.4, -0.2) is 34.0 Å². The molecule has 8 rings (SSSR count). The van der Waals surface area contributed by atoms with Crippen LogP contribution < -0.4 is 0 Å². The van der Waals surface area contributed by atoms with E-state index in [0.717, 1.165) is 53.6 Å². The van der Waals surface area contributed by atoms with Crippen molar-refractivity contribution < 1.29 is 0 Å². The lowest BCUT2D eigenvalue weighted by atomic mass is 9.69. The zero-order chi connectivity index (χ0) is 33.5. The molecule has 0 heterocycles. The Morgan fingerprint density at radius 3 is 1.90 bits per heavy atom. The normalized spacial score (nSPS) is 38.4. The van der Waals surface area contributed by atoms with Gasteiger partial charge in [-0.2, -0.15) is 0 Å². The summed E-state index contributed by atoms with van der Waals surface area (Å²) in [6.07, 6.45) is 61.9. The van der Waals surface area contributed by atoms with Gasteiger partial charge >= 0.3 is 0 Å². The van der Waals surface area contributed by atoms with E-state index in [2.05, 4.69) is 70.6 Å². The van der Waals surface area contributed by atoms with Crippen molar-refractivity contribution in [2.24, 2.45) is 35.5 Å². The Morgan fingerprint density at radius 2 is 1.24 bits per heavy atom. The molecule has 50 heavy (non-hydrogen) atoms. The molecular formula is C48H72N2. The monoisotopic (exact) mass is 677 g/mol. The van der Waals surface area contributed by atoms with Crippen molar-refractivity contribution in [2.75, 3.05) is 0 Å². The van der Waals surface area contributed by atoms with Gasteiger partial charge in [-0.3, -0.25) is 0 Å². The maximum Gasteiger partial charge on any atom is 0.0476 e. The minimum absolute atomic E-state index is 0.605. The molecule has 274 valence electrons. The van der Waals surface area contributed by atoms with Gasteiger partial charge in [-0.05, 0) is 170 Å². The van der Waals surface area contributed by atoms with E-state index in [0.29, 0.717) is 6.04 Å². The van der Waals surface area contributed by atoms with Crippen LogP contribution in [0.2, 0.25) is 0 Å². The highest BCUT2D eigenvalue weighted by Crippen LogP contribution is 2.46. The van der Waals surface area contributed by atoms with Crippen LogP contribution in [0.5, 0.6) is 0 Å². The maximum absolute atomic E-state index is 3.07. The molecule has 0 N–H and O–H groups in total. The number of hydrogen-bond acceptors (Lipinski definition) is 2. The first-order valence-corrected chi connectivity index (χ1v) is 22.4. The first kappa shape index (κ1) is 35.1. The first-order valence-electron chi connectivity index (χ1n) is 22.4. The van der Waals surface area contributed by atoms with E-state index < -0.39 is 0 Å². The number of rotatable bonds is 9. The highest BCUT2D eigenvalue weighted by molar-refractivity contribution is 5.27. The second-order valence-electron chi connectivity index (χ2n) is 18.4. The van der Waals surface area contributed by atoms with Crippen molar-refractivity contribution in [1.29, 1.82) is 0 Å². The third-order valence-electron chi connectivity index (χ3n) is 15.6. The second kappa shape index (κ2) is 17.2. The molecule has 4 fully saturated rings. The van der Waals surface area contributed by atoms with Crippen LogP contribution in [0.1, 0.15) is 167 Å². The molecule has 5 atom stereocenters. The molecule has 0 aliphatic heterocycles. The summed E-state index contributed by atoms with van der Waals surface area (Å²) in [6.45, 7) is 0. The van der Waals surface area contributed by atoms with Crippen LogP contribution >= 0.6 is 0 Å². The predicted octanol–water partition coefficient (Wildman–Crippen LogP) is 13.0. The molecule has 0 saturated heterocycles. The molecule has 8 aliphatic rings. The Bertz CT molecular complexity index is 1260. The highest BCUT2D eigenvalue weighted by Gasteiger charge is 2.40. The molecule has 0 aromatic rings. The van der Waals surface area contributed by atoms with E-state index in [4.69, 9.17) is 0 Å². The quantitative estimate of drug-likeness (QED) is 0.224. The molecule has 2 nitrogen and oxygen atoms in total. The summed E-state index contributed by atoms with van der Waals surface area (Å²) < 4.78 is 0. The summed E-state index contributed by atoms with van der Waals surface area (Å²) in [4.78, 5) is 6.03. The van der Waals surface area contributed by atoms with Crippen molar-refractivity contribution in [1.82, 2.24) is 9.80 Å². The molecule has 0 bridgehead atoms. The van der Waals surface area contributed by atoms with Gasteiger partial charge in [0.05, 0.1) is 0 Å². The average molecular weight is 677 g/mol. The van der Waals surface area contributed by atoms with Gasteiger partial charge in [0.2, 0.25) is 0 Å². The fourth-order valence-electron chi connectivity index (χ4n) is 12.8. The van der Waals surface area contributed by atoms with Gasteiger partial charge in [0, 0.05) is 35.6 Å². The minimum atomic E-state index is 0.605. The van der Waals surface area contributed by atoms with Crippen molar-refractivity contribution in [3.63, 3.8) is 0 Å². The largest absolute Gasteiger partial charge is 0.369 e. The molecule has 0 aromatic carbocycles. The Hall–Kier alpha value is -1.96. The molecular weight excluding hydrogens is 605 g/mol. The van der Waals surface area contributed by atoms with Crippen molar-refractivity contribution in [2.45, 2.75) is 191 Å². The summed E-state index contributed by atoms with van der Waals surface area (Å²) in [5.74, 6) is 5.55. The molecule has 8 aliphatic carbocycles. The van der Waals surface area contributed by atoms with E-state index in [1.54, 1.807) is 11.4 Å². The lowest BCUT2D eigenvalue weighted by Crippen LogP contribution is -2.48. The second-order valence-corrected chi connectivity index (χ2v) is 18.4. The summed E-state index contributed by atoms with van der Waals surface area (Å²) in [6, 6.07) is 2.91. The standard InChI is InChI=1S/C48H72N2/c1-5-14-37(15-6-1)39-24-30-45(31-25-39)49(43-19-9-3-10-20-43)46-34-28-41(29-35-46)42-18-13-23-48(36-42)50(44-21-11-4-12-22-44)47-32-26-40(27-33-47)38-16-7-2-8-17-38/h2-3,7,9,11,19,21,26,32-33,37-42,44-46,48H,1,4-6,8,10,12-18,20,22-25,27-31,34-36H2. The maximum atomic E-state index is 3.07. The molecule has 0 aromatic heterocycles. The van der Waals surface area contributed by atoms with Crippen LogP contribution in [0.3, 0.4) is 0 Å². The van der Waals surface area contributed by atoms with Crippen LogP contribution in [0, 0.1) is 35.5 Å². The summed E-state index contributed by atoms with van der Waals surface area (Å²) in [5, 5.41) is 0. The zero-order valence-corrected chi connectivity index (χ0v) is 31.8. The van der Waals surface area contributed by atoms with Gasteiger partial charge < -0.3 is 9.80 Å². The Labute approximate surface area is 307 Å². The highest BCUT2D eigenvalue weighted by atomic mass is 15.2. The molecule has 0 spiro atoms. The van der Waals surface area contributed by atoms with Gasteiger partial charge in [0.1, 0.15) is 0 Å². The minimum Gasteiger partial charge on any atom is -0.369 e. The molecule has 0 radical (unpaired) electrons. The third-order valence-corrected chi connectivity index (χ3v) is 15.6. The third kappa shape index (κ3) is 8.31. The predicted molar refractivity (Wildman–Crippen MR) is 213 cm³/mol. The summed E-state index contributed by atoms with van der Waals surface area (Å²) >= 11 is 0. The lowest BCUT2D eigenvalue weighted by Gasteiger charge is -2.49. The summed E-state index contributed by atoms with van der Waals surface area (Å²) in [7, 11) is 0. The number of hydrogen-bond donors (Lipinski definition) is 0. The SMILES string of the molecule is C1=CCCC(N(C2CCC(C3CCCCC3)CC2)C2CCC(C3CCCC(N(C4=CCC(C5CC=CCC5)C=C4)C4C=CCCC4)C3)CC2)=C1. The van der Waals surface area contributed by atoms with Crippen LogP contribution in [-0.2, 0) is 0 Å². The topological polar surface area (TPSA) is 6.48 Å². The fraction of sp³-hybridized carbons (Fsp3) is 0.750. The molecule has 0 amide bonds. The Morgan fingerprint density at radius 1 is 0.480 bits per heavy atom. The van der Waals surface area contributed by atoms with E-state index in [1.165, 1.54) is 167 Å². The van der Waals surface area contributed by atoms with Gasteiger partial charge in [-0.25, -0.2) is 0 Å². The van der Waals surface area contributed by atoms with E-state index in [1.807, 2.05) is 0 Å². The van der Waals surface area contributed by atoms with E-state index in [-0.39, 0.29) is 0 Å². The van der Waals surface area contributed by atoms with E-state index >= 15 is 0 Å². The smallest absolute Gasteiger partial charge is 0.0476 e. The number of allylic oxidation sites excluding steroid dienone is 10. The molecule has 5 unspecified atom stereocenters. The van der Waals surface area contributed by atoms with Crippen LogP contribution in [0.25, 0.3) is 0 Å². The van der Waals surface area contributed by atoms with Crippen LogP contribution in [0.4, 0.5) is 0 Å².